The van der Waals surface area contributed by atoms with Crippen molar-refractivity contribution in [3.8, 4) is 6.07 Å². The van der Waals surface area contributed by atoms with Crippen LogP contribution in [0.5, 0.6) is 0 Å². The first-order valence-electron chi connectivity index (χ1n) is 4.39. The summed E-state index contributed by atoms with van der Waals surface area (Å²) in [6.07, 6.45) is 0. The van der Waals surface area contributed by atoms with E-state index in [1.807, 2.05) is 17.5 Å². The maximum atomic E-state index is 11.8. The highest BCUT2D eigenvalue weighted by Crippen LogP contribution is 2.15. The molecule has 0 aliphatic carbocycles. The van der Waals surface area contributed by atoms with Crippen molar-refractivity contribution in [2.24, 2.45) is 0 Å². The molecular formula is C12H7NOS. The Morgan fingerprint density at radius 3 is 2.47 bits per heavy atom. The number of hydrogen-bond donors (Lipinski definition) is 0. The summed E-state index contributed by atoms with van der Waals surface area (Å²) in [4.78, 5) is 12.6. The molecule has 0 aliphatic heterocycles. The molecule has 0 atom stereocenters. The number of benzene rings is 1. The highest BCUT2D eigenvalue weighted by Gasteiger charge is 2.09. The van der Waals surface area contributed by atoms with E-state index in [-0.39, 0.29) is 5.78 Å². The van der Waals surface area contributed by atoms with Crippen LogP contribution in [0.15, 0.2) is 41.8 Å². The van der Waals surface area contributed by atoms with Gasteiger partial charge in [-0.2, -0.15) is 5.26 Å². The summed E-state index contributed by atoms with van der Waals surface area (Å²) >= 11 is 1.42. The molecule has 1 aromatic heterocycles. The minimum absolute atomic E-state index is 0.00879. The van der Waals surface area contributed by atoms with Crippen LogP contribution in [0.1, 0.15) is 20.8 Å². The van der Waals surface area contributed by atoms with Crippen molar-refractivity contribution >= 4 is 17.1 Å². The first-order valence-corrected chi connectivity index (χ1v) is 5.27. The molecule has 0 radical (unpaired) electrons. The summed E-state index contributed by atoms with van der Waals surface area (Å²) in [6.45, 7) is 0. The van der Waals surface area contributed by atoms with Crippen molar-refractivity contribution in [2.45, 2.75) is 0 Å². The van der Waals surface area contributed by atoms with E-state index in [1.54, 1.807) is 30.3 Å². The van der Waals surface area contributed by atoms with Gasteiger partial charge in [-0.25, -0.2) is 0 Å². The van der Waals surface area contributed by atoms with E-state index in [1.165, 1.54) is 11.3 Å². The van der Waals surface area contributed by atoms with E-state index in [0.717, 1.165) is 4.88 Å². The van der Waals surface area contributed by atoms with Crippen molar-refractivity contribution in [3.63, 3.8) is 0 Å². The number of nitrogens with zero attached hydrogens (tertiary/aromatic N) is 1. The Labute approximate surface area is 91.4 Å². The zero-order valence-electron chi connectivity index (χ0n) is 7.81. The molecule has 0 saturated heterocycles. The highest BCUT2D eigenvalue weighted by molar-refractivity contribution is 7.12. The fourth-order valence-electron chi connectivity index (χ4n) is 1.25. The van der Waals surface area contributed by atoms with Crippen molar-refractivity contribution in [1.82, 2.24) is 0 Å². The lowest BCUT2D eigenvalue weighted by atomic mass is 10.1. The zero-order valence-corrected chi connectivity index (χ0v) is 8.62. The maximum absolute atomic E-state index is 11.8. The topological polar surface area (TPSA) is 40.9 Å². The van der Waals surface area contributed by atoms with E-state index in [0.29, 0.717) is 11.1 Å². The van der Waals surface area contributed by atoms with Crippen LogP contribution in [0.3, 0.4) is 0 Å². The summed E-state index contributed by atoms with van der Waals surface area (Å²) < 4.78 is 0. The summed E-state index contributed by atoms with van der Waals surface area (Å²) in [5, 5.41) is 10.5. The first kappa shape index (κ1) is 9.63. The van der Waals surface area contributed by atoms with Gasteiger partial charge >= 0.3 is 0 Å². The number of carbonyl (C=O) groups excluding carboxylic acids is 1. The van der Waals surface area contributed by atoms with Crippen LogP contribution in [0.2, 0.25) is 0 Å². The fourth-order valence-corrected chi connectivity index (χ4v) is 1.93. The van der Waals surface area contributed by atoms with E-state index in [2.05, 4.69) is 0 Å². The van der Waals surface area contributed by atoms with E-state index in [9.17, 15) is 4.79 Å². The molecule has 1 heterocycles. The molecule has 0 saturated carbocycles. The second-order valence-corrected chi connectivity index (χ2v) is 3.94. The molecular weight excluding hydrogens is 206 g/mol. The number of hydrogen-bond acceptors (Lipinski definition) is 3. The SMILES string of the molecule is N#Cc1ccc(C(=O)c2cccs2)cc1. The van der Waals surface area contributed by atoms with Crippen molar-refractivity contribution in [1.29, 1.82) is 5.26 Å². The maximum Gasteiger partial charge on any atom is 0.202 e. The molecule has 0 fully saturated rings. The Bertz CT molecular complexity index is 506. The van der Waals surface area contributed by atoms with Gasteiger partial charge in [-0.15, -0.1) is 11.3 Å². The molecule has 0 unspecified atom stereocenters. The third-order valence-electron chi connectivity index (χ3n) is 2.02. The van der Waals surface area contributed by atoms with Gasteiger partial charge in [0.25, 0.3) is 0 Å². The van der Waals surface area contributed by atoms with E-state index < -0.39 is 0 Å². The number of carbonyl (C=O) groups is 1. The van der Waals surface area contributed by atoms with Gasteiger partial charge in [0.1, 0.15) is 0 Å². The van der Waals surface area contributed by atoms with Gasteiger partial charge < -0.3 is 0 Å². The molecule has 72 valence electrons. The molecule has 1 aromatic carbocycles. The predicted molar refractivity (Wildman–Crippen MR) is 58.9 cm³/mol. The standard InChI is InChI=1S/C12H7NOS/c13-8-9-3-5-10(6-4-9)12(14)11-2-1-7-15-11/h1-7H. The number of ketones is 1. The third kappa shape index (κ3) is 1.95. The van der Waals surface area contributed by atoms with Gasteiger partial charge in [-0.1, -0.05) is 6.07 Å². The summed E-state index contributed by atoms with van der Waals surface area (Å²) in [5.74, 6) is 0.00879. The Balaban J connectivity index is 2.32. The Morgan fingerprint density at radius 1 is 1.20 bits per heavy atom. The molecule has 15 heavy (non-hydrogen) atoms. The van der Waals surface area contributed by atoms with Crippen molar-refractivity contribution in [2.75, 3.05) is 0 Å². The van der Waals surface area contributed by atoms with Gasteiger partial charge in [0, 0.05) is 5.56 Å². The lowest BCUT2D eigenvalue weighted by molar-refractivity contribution is 0.104. The lowest BCUT2D eigenvalue weighted by Crippen LogP contribution is -1.97. The van der Waals surface area contributed by atoms with Crippen LogP contribution in [0, 0.1) is 11.3 Å². The van der Waals surface area contributed by atoms with Crippen LogP contribution >= 0.6 is 11.3 Å². The quantitative estimate of drug-likeness (QED) is 0.720. The molecule has 0 aliphatic rings. The Hall–Kier alpha value is -1.92. The molecule has 0 N–H and O–H groups in total. The van der Waals surface area contributed by atoms with Gasteiger partial charge in [-0.05, 0) is 35.7 Å². The minimum Gasteiger partial charge on any atom is -0.288 e. The molecule has 0 spiro atoms. The minimum atomic E-state index is 0.00879. The number of rotatable bonds is 2. The molecule has 0 bridgehead atoms. The van der Waals surface area contributed by atoms with E-state index in [4.69, 9.17) is 5.26 Å². The predicted octanol–water partition coefficient (Wildman–Crippen LogP) is 2.85. The smallest absolute Gasteiger partial charge is 0.202 e. The Morgan fingerprint density at radius 2 is 1.93 bits per heavy atom. The second kappa shape index (κ2) is 4.07. The molecule has 2 aromatic rings. The van der Waals surface area contributed by atoms with Crippen molar-refractivity contribution < 1.29 is 4.79 Å². The van der Waals surface area contributed by atoms with Crippen molar-refractivity contribution in [3.05, 3.63) is 57.8 Å². The van der Waals surface area contributed by atoms with Crippen LogP contribution in [0.4, 0.5) is 0 Å². The molecule has 3 heteroatoms. The van der Waals surface area contributed by atoms with Crippen LogP contribution in [0.25, 0.3) is 0 Å². The normalized spacial score (nSPS) is 9.53. The van der Waals surface area contributed by atoms with E-state index >= 15 is 0 Å². The third-order valence-corrected chi connectivity index (χ3v) is 2.89. The molecule has 0 amide bonds. The second-order valence-electron chi connectivity index (χ2n) is 3.00. The molecule has 2 nitrogen and oxygen atoms in total. The molecule has 2 rings (SSSR count). The number of thiophene rings is 1. The van der Waals surface area contributed by atoms with Gasteiger partial charge in [0.2, 0.25) is 5.78 Å². The summed E-state index contributed by atoms with van der Waals surface area (Å²) in [6, 6.07) is 12.3. The van der Waals surface area contributed by atoms with Gasteiger partial charge in [0.15, 0.2) is 0 Å². The number of nitriles is 1. The van der Waals surface area contributed by atoms with Crippen LogP contribution < -0.4 is 0 Å². The average Bonchev–Trinajstić information content (AvgIpc) is 2.82. The Kier molecular flexibility index (Phi) is 2.61. The first-order chi connectivity index (χ1) is 7.31. The lowest BCUT2D eigenvalue weighted by Gasteiger charge is -1.97. The monoisotopic (exact) mass is 213 g/mol. The fraction of sp³-hybridized carbons (Fsp3) is 0. The average molecular weight is 213 g/mol. The van der Waals surface area contributed by atoms with Gasteiger partial charge in [-0.3, -0.25) is 4.79 Å². The zero-order chi connectivity index (χ0) is 10.7. The van der Waals surface area contributed by atoms with Crippen LogP contribution in [-0.4, -0.2) is 5.78 Å². The summed E-state index contributed by atoms with van der Waals surface area (Å²) in [7, 11) is 0. The summed E-state index contributed by atoms with van der Waals surface area (Å²) in [5.41, 5.74) is 1.19. The highest BCUT2D eigenvalue weighted by atomic mass is 32.1. The van der Waals surface area contributed by atoms with Crippen LogP contribution in [-0.2, 0) is 0 Å². The van der Waals surface area contributed by atoms with Gasteiger partial charge in [0.05, 0.1) is 16.5 Å². The largest absolute Gasteiger partial charge is 0.288 e.